The van der Waals surface area contributed by atoms with E-state index in [1.165, 1.54) is 4.90 Å². The summed E-state index contributed by atoms with van der Waals surface area (Å²) in [6.07, 6.45) is 0.000219. The van der Waals surface area contributed by atoms with Crippen molar-refractivity contribution in [2.24, 2.45) is 0 Å². The summed E-state index contributed by atoms with van der Waals surface area (Å²) in [4.78, 5) is 29.0. The van der Waals surface area contributed by atoms with Crippen LogP contribution in [0.3, 0.4) is 0 Å². The molecule has 1 saturated heterocycles. The molecule has 0 radical (unpaired) electrons. The number of rotatable bonds is 5. The van der Waals surface area contributed by atoms with Gasteiger partial charge >= 0.3 is 0 Å². The molecule has 40 heavy (non-hydrogen) atoms. The largest absolute Gasteiger partial charge is 0.507 e. The summed E-state index contributed by atoms with van der Waals surface area (Å²) >= 11 is 0. The number of Topliss-reactive ketones (excluding diaryl/α,β-unsaturated/α-hetero) is 1. The minimum absolute atomic E-state index is 0.000219. The standard InChI is InChI=1S/C35H35NO4/c1-21(2)40-29-19-16-25(20-22(29)3)32(37)30-31(24-14-17-26(18-15-24)35(4,5)6)36(34(39)33(30)38)28-13-9-11-23-10-7-8-12-27(23)28/h7-21,31,37H,1-6H3/b32-30+. The summed E-state index contributed by atoms with van der Waals surface area (Å²) < 4.78 is 5.86. The van der Waals surface area contributed by atoms with Gasteiger partial charge in [0, 0.05) is 10.9 Å². The lowest BCUT2D eigenvalue weighted by atomic mass is 9.85. The molecule has 204 valence electrons. The normalized spacial score (nSPS) is 17.2. The zero-order chi connectivity index (χ0) is 28.8. The third kappa shape index (κ3) is 4.88. The fraction of sp³-hybridized carbons (Fsp3) is 0.257. The van der Waals surface area contributed by atoms with E-state index >= 15 is 0 Å². The van der Waals surface area contributed by atoms with Crippen LogP contribution >= 0.6 is 0 Å². The van der Waals surface area contributed by atoms with E-state index in [-0.39, 0.29) is 22.9 Å². The van der Waals surface area contributed by atoms with Gasteiger partial charge in [0.15, 0.2) is 0 Å². The van der Waals surface area contributed by atoms with Gasteiger partial charge < -0.3 is 9.84 Å². The lowest BCUT2D eigenvalue weighted by molar-refractivity contribution is -0.132. The van der Waals surface area contributed by atoms with Gasteiger partial charge in [-0.3, -0.25) is 14.5 Å². The summed E-state index contributed by atoms with van der Waals surface area (Å²) in [7, 11) is 0. The van der Waals surface area contributed by atoms with E-state index in [0.29, 0.717) is 17.0 Å². The number of anilines is 1. The molecular formula is C35H35NO4. The number of ether oxygens (including phenoxy) is 1. The molecule has 0 saturated carbocycles. The van der Waals surface area contributed by atoms with Gasteiger partial charge in [-0.05, 0) is 72.5 Å². The van der Waals surface area contributed by atoms with Crippen LogP contribution in [0.1, 0.15) is 62.9 Å². The highest BCUT2D eigenvalue weighted by Gasteiger charge is 2.47. The Labute approximate surface area is 235 Å². The number of carbonyl (C=O) groups excluding carboxylic acids is 2. The molecule has 4 aromatic rings. The molecule has 1 atom stereocenters. The van der Waals surface area contributed by atoms with Crippen LogP contribution in [0.4, 0.5) is 5.69 Å². The maximum atomic E-state index is 13.8. The monoisotopic (exact) mass is 533 g/mol. The van der Waals surface area contributed by atoms with Crippen molar-refractivity contribution in [1.82, 2.24) is 0 Å². The number of aryl methyl sites for hydroxylation is 1. The Morgan fingerprint density at radius 1 is 0.900 bits per heavy atom. The lowest BCUT2D eigenvalue weighted by Crippen LogP contribution is -2.29. The van der Waals surface area contributed by atoms with Crippen LogP contribution in [-0.2, 0) is 15.0 Å². The van der Waals surface area contributed by atoms with E-state index in [0.717, 1.165) is 27.5 Å². The first-order chi connectivity index (χ1) is 19.0. The maximum absolute atomic E-state index is 13.8. The second kappa shape index (κ2) is 10.3. The first-order valence-corrected chi connectivity index (χ1v) is 13.6. The second-order valence-corrected chi connectivity index (χ2v) is 11.7. The highest BCUT2D eigenvalue weighted by Crippen LogP contribution is 2.44. The topological polar surface area (TPSA) is 66.8 Å². The number of aliphatic hydroxyl groups is 1. The number of amides is 1. The average molecular weight is 534 g/mol. The average Bonchev–Trinajstić information content (AvgIpc) is 3.18. The number of fused-ring (bicyclic) bond motifs is 1. The fourth-order valence-corrected chi connectivity index (χ4v) is 5.32. The summed E-state index contributed by atoms with van der Waals surface area (Å²) in [5, 5.41) is 13.5. The molecule has 1 aliphatic heterocycles. The molecule has 5 nitrogen and oxygen atoms in total. The quantitative estimate of drug-likeness (QED) is 0.161. The van der Waals surface area contributed by atoms with E-state index < -0.39 is 17.7 Å². The molecule has 1 fully saturated rings. The van der Waals surface area contributed by atoms with Crippen molar-refractivity contribution < 1.29 is 19.4 Å². The second-order valence-electron chi connectivity index (χ2n) is 11.7. The Kier molecular flexibility index (Phi) is 7.01. The summed E-state index contributed by atoms with van der Waals surface area (Å²) in [6.45, 7) is 12.2. The molecule has 1 unspecified atom stereocenters. The van der Waals surface area contributed by atoms with Gasteiger partial charge in [0.1, 0.15) is 11.5 Å². The zero-order valence-corrected chi connectivity index (χ0v) is 23.9. The Bertz CT molecular complexity index is 1640. The predicted octanol–water partition coefficient (Wildman–Crippen LogP) is 7.86. The third-order valence-electron chi connectivity index (χ3n) is 7.37. The number of nitrogens with zero attached hydrogens (tertiary/aromatic N) is 1. The van der Waals surface area contributed by atoms with Gasteiger partial charge in [-0.1, -0.05) is 81.4 Å². The van der Waals surface area contributed by atoms with Gasteiger partial charge in [-0.15, -0.1) is 0 Å². The zero-order valence-electron chi connectivity index (χ0n) is 23.9. The summed E-state index contributed by atoms with van der Waals surface area (Å²) in [5.41, 5.74) is 3.80. The molecule has 1 aliphatic rings. The Morgan fingerprint density at radius 3 is 2.23 bits per heavy atom. The summed E-state index contributed by atoms with van der Waals surface area (Å²) in [6, 6.07) is 26.0. The molecule has 1 amide bonds. The van der Waals surface area contributed by atoms with E-state index in [9.17, 15) is 14.7 Å². The Hall–Kier alpha value is -4.38. The van der Waals surface area contributed by atoms with E-state index in [1.54, 1.807) is 18.2 Å². The van der Waals surface area contributed by atoms with Crippen molar-refractivity contribution in [3.05, 3.63) is 113 Å². The molecule has 0 bridgehead atoms. The summed E-state index contributed by atoms with van der Waals surface area (Å²) in [5.74, 6) is -0.878. The number of benzene rings is 4. The van der Waals surface area contributed by atoms with Gasteiger partial charge in [0.05, 0.1) is 23.4 Å². The smallest absolute Gasteiger partial charge is 0.300 e. The van der Waals surface area contributed by atoms with Crippen molar-refractivity contribution in [2.45, 2.75) is 59.1 Å². The minimum Gasteiger partial charge on any atom is -0.507 e. The minimum atomic E-state index is -0.799. The van der Waals surface area contributed by atoms with Gasteiger partial charge in [-0.25, -0.2) is 0 Å². The molecule has 1 heterocycles. The van der Waals surface area contributed by atoms with Crippen LogP contribution in [0.5, 0.6) is 5.75 Å². The first-order valence-electron chi connectivity index (χ1n) is 13.6. The third-order valence-corrected chi connectivity index (χ3v) is 7.37. The number of hydrogen-bond donors (Lipinski definition) is 1. The van der Waals surface area contributed by atoms with E-state index in [4.69, 9.17) is 4.74 Å². The number of ketones is 1. The Morgan fingerprint density at radius 2 is 1.57 bits per heavy atom. The molecule has 5 rings (SSSR count). The molecule has 4 aromatic carbocycles. The van der Waals surface area contributed by atoms with Crippen LogP contribution in [0.2, 0.25) is 0 Å². The number of aliphatic hydroxyl groups excluding tert-OH is 1. The highest BCUT2D eigenvalue weighted by atomic mass is 16.5. The van der Waals surface area contributed by atoms with Crippen LogP contribution in [0.15, 0.2) is 90.5 Å². The van der Waals surface area contributed by atoms with Gasteiger partial charge in [0.2, 0.25) is 0 Å². The van der Waals surface area contributed by atoms with Crippen molar-refractivity contribution in [2.75, 3.05) is 4.90 Å². The first kappa shape index (κ1) is 27.2. The Balaban J connectivity index is 1.72. The fourth-order valence-electron chi connectivity index (χ4n) is 5.32. The van der Waals surface area contributed by atoms with Crippen LogP contribution in [0.25, 0.3) is 16.5 Å². The highest BCUT2D eigenvalue weighted by molar-refractivity contribution is 6.52. The van der Waals surface area contributed by atoms with E-state index in [1.807, 2.05) is 87.5 Å². The molecule has 0 aromatic heterocycles. The van der Waals surface area contributed by atoms with Gasteiger partial charge in [-0.2, -0.15) is 0 Å². The van der Waals surface area contributed by atoms with Crippen molar-refractivity contribution in [3.8, 4) is 5.75 Å². The molecule has 5 heteroatoms. The SMILES string of the molecule is Cc1cc(/C(O)=C2\C(=O)C(=O)N(c3cccc4ccccc34)C2c2ccc(C(C)(C)C)cc2)ccc1OC(C)C. The predicted molar refractivity (Wildman–Crippen MR) is 161 cm³/mol. The molecular weight excluding hydrogens is 498 g/mol. The maximum Gasteiger partial charge on any atom is 0.300 e. The van der Waals surface area contributed by atoms with Gasteiger partial charge in [0.25, 0.3) is 11.7 Å². The molecule has 1 N–H and O–H groups in total. The number of carbonyl (C=O) groups is 2. The van der Waals surface area contributed by atoms with Crippen molar-refractivity contribution in [3.63, 3.8) is 0 Å². The lowest BCUT2D eigenvalue weighted by Gasteiger charge is -2.27. The van der Waals surface area contributed by atoms with Crippen LogP contribution < -0.4 is 9.64 Å². The van der Waals surface area contributed by atoms with Crippen molar-refractivity contribution in [1.29, 1.82) is 0 Å². The van der Waals surface area contributed by atoms with Crippen LogP contribution in [-0.4, -0.2) is 22.9 Å². The van der Waals surface area contributed by atoms with E-state index in [2.05, 4.69) is 20.8 Å². The molecule has 0 aliphatic carbocycles. The number of hydrogen-bond acceptors (Lipinski definition) is 4. The van der Waals surface area contributed by atoms with Crippen LogP contribution in [0, 0.1) is 6.92 Å². The van der Waals surface area contributed by atoms with Crippen molar-refractivity contribution >= 4 is 33.9 Å². The molecule has 0 spiro atoms.